The molecule has 2 aromatic rings. The van der Waals surface area contributed by atoms with Crippen LogP contribution in [0.5, 0.6) is 0 Å². The van der Waals surface area contributed by atoms with Crippen LogP contribution in [0.25, 0.3) is 0 Å². The third-order valence-electron chi connectivity index (χ3n) is 4.63. The van der Waals surface area contributed by atoms with Crippen LogP contribution in [0.4, 0.5) is 11.5 Å². The van der Waals surface area contributed by atoms with Gasteiger partial charge < -0.3 is 10.6 Å². The molecule has 1 atom stereocenters. The zero-order chi connectivity index (χ0) is 18.1. The van der Waals surface area contributed by atoms with Gasteiger partial charge in [-0.25, -0.2) is 4.79 Å². The molecule has 1 aliphatic heterocycles. The van der Waals surface area contributed by atoms with E-state index >= 15 is 0 Å². The Morgan fingerprint density at radius 3 is 2.76 bits per heavy atom. The first kappa shape index (κ1) is 17.0. The predicted octanol–water partition coefficient (Wildman–Crippen LogP) is 1.16. The summed E-state index contributed by atoms with van der Waals surface area (Å²) < 4.78 is 1.25. The van der Waals surface area contributed by atoms with Crippen LogP contribution in [0.2, 0.25) is 0 Å². The largest absolute Gasteiger partial charge is 0.384 e. The van der Waals surface area contributed by atoms with Crippen molar-refractivity contribution >= 4 is 17.3 Å². The maximum absolute atomic E-state index is 12.8. The molecule has 0 saturated heterocycles. The molecule has 0 unspecified atom stereocenters. The smallest absolute Gasteiger partial charge is 0.329 e. The van der Waals surface area contributed by atoms with Crippen molar-refractivity contribution in [1.29, 1.82) is 0 Å². The molecule has 1 aromatic carbocycles. The van der Waals surface area contributed by atoms with Crippen molar-refractivity contribution in [3.8, 4) is 0 Å². The van der Waals surface area contributed by atoms with Gasteiger partial charge in [0.05, 0.1) is 6.54 Å². The van der Waals surface area contributed by atoms with Crippen molar-refractivity contribution in [2.24, 2.45) is 0 Å². The molecule has 0 spiro atoms. The van der Waals surface area contributed by atoms with Gasteiger partial charge in [-0.3, -0.25) is 19.1 Å². The van der Waals surface area contributed by atoms with E-state index in [1.807, 2.05) is 43.0 Å². The first-order valence-corrected chi connectivity index (χ1v) is 8.44. The van der Waals surface area contributed by atoms with Gasteiger partial charge in [0.2, 0.25) is 0 Å². The lowest BCUT2D eigenvalue weighted by atomic mass is 10.1. The lowest BCUT2D eigenvalue weighted by molar-refractivity contribution is 0.0996. The van der Waals surface area contributed by atoms with Crippen LogP contribution in [0.15, 0.2) is 33.9 Å². The number of benzene rings is 1. The average Bonchev–Trinajstić information content (AvgIpc) is 2.87. The molecule has 0 saturated carbocycles. The van der Waals surface area contributed by atoms with Crippen LogP contribution >= 0.6 is 0 Å². The van der Waals surface area contributed by atoms with Crippen LogP contribution in [-0.4, -0.2) is 27.9 Å². The molecular formula is C18H22N4O3. The maximum atomic E-state index is 12.8. The fourth-order valence-corrected chi connectivity index (χ4v) is 3.41. The third kappa shape index (κ3) is 2.97. The van der Waals surface area contributed by atoms with Gasteiger partial charge in [0.15, 0.2) is 5.78 Å². The molecule has 25 heavy (non-hydrogen) atoms. The fourth-order valence-electron chi connectivity index (χ4n) is 3.41. The lowest BCUT2D eigenvalue weighted by Gasteiger charge is -2.24. The zero-order valence-corrected chi connectivity index (χ0v) is 14.4. The van der Waals surface area contributed by atoms with Crippen molar-refractivity contribution in [2.45, 2.75) is 39.3 Å². The van der Waals surface area contributed by atoms with Gasteiger partial charge in [0.25, 0.3) is 5.56 Å². The molecule has 7 heteroatoms. The van der Waals surface area contributed by atoms with E-state index in [9.17, 15) is 14.4 Å². The first-order valence-electron chi connectivity index (χ1n) is 8.44. The molecule has 1 aliphatic rings. The minimum absolute atomic E-state index is 0.0514. The highest BCUT2D eigenvalue weighted by Gasteiger charge is 2.29. The van der Waals surface area contributed by atoms with Crippen molar-refractivity contribution < 1.29 is 4.79 Å². The Kier molecular flexibility index (Phi) is 4.48. The number of fused-ring (bicyclic) bond motifs is 1. The van der Waals surface area contributed by atoms with Gasteiger partial charge >= 0.3 is 5.69 Å². The van der Waals surface area contributed by atoms with E-state index in [4.69, 9.17) is 5.73 Å². The summed E-state index contributed by atoms with van der Waals surface area (Å²) in [7, 11) is 0. The number of H-pyrrole nitrogens is 1. The summed E-state index contributed by atoms with van der Waals surface area (Å²) in [5.41, 5.74) is 6.72. The monoisotopic (exact) mass is 342 g/mol. The summed E-state index contributed by atoms with van der Waals surface area (Å²) in [5.74, 6) is -0.437. The Labute approximate surface area is 145 Å². The third-order valence-corrected chi connectivity index (χ3v) is 4.63. The molecule has 0 radical (unpaired) electrons. The number of Topliss-reactive ketones (excluding diaryl/α,β-unsaturated/α-hetero) is 1. The Morgan fingerprint density at radius 2 is 2.04 bits per heavy atom. The van der Waals surface area contributed by atoms with Crippen molar-refractivity contribution in [3.05, 3.63) is 56.2 Å². The summed E-state index contributed by atoms with van der Waals surface area (Å²) in [6.45, 7) is 4.33. The van der Waals surface area contributed by atoms with Crippen molar-refractivity contribution in [3.63, 3.8) is 0 Å². The summed E-state index contributed by atoms with van der Waals surface area (Å²) in [4.78, 5) is 41.1. The first-order chi connectivity index (χ1) is 11.9. The fraction of sp³-hybridized carbons (Fsp3) is 0.389. The second-order valence-corrected chi connectivity index (χ2v) is 6.40. The quantitative estimate of drug-likeness (QED) is 0.794. The number of nitrogens with one attached hydrogen (secondary N) is 1. The Balaban J connectivity index is 1.96. The van der Waals surface area contributed by atoms with Crippen LogP contribution in [0.3, 0.4) is 0 Å². The average molecular weight is 342 g/mol. The number of hydrogen-bond acceptors (Lipinski definition) is 5. The number of carbonyl (C=O) groups excluding carboxylic acids is 1. The SMILES string of the molecule is CCCn1c(N)c(C(=O)CN2c3ccccc3C[C@H]2C)c(=O)[nH]c1=O. The Bertz CT molecular complexity index is 929. The van der Waals surface area contributed by atoms with E-state index in [0.29, 0.717) is 13.0 Å². The highest BCUT2D eigenvalue weighted by molar-refractivity contribution is 6.02. The minimum atomic E-state index is -0.722. The number of para-hydroxylation sites is 1. The van der Waals surface area contributed by atoms with Gasteiger partial charge in [-0.05, 0) is 31.4 Å². The molecule has 0 fully saturated rings. The second kappa shape index (κ2) is 6.58. The van der Waals surface area contributed by atoms with Gasteiger partial charge in [-0.15, -0.1) is 0 Å². The number of rotatable bonds is 5. The molecule has 7 nitrogen and oxygen atoms in total. The normalized spacial score (nSPS) is 16.1. The molecule has 132 valence electrons. The van der Waals surface area contributed by atoms with Crippen LogP contribution in [-0.2, 0) is 13.0 Å². The molecular weight excluding hydrogens is 320 g/mol. The van der Waals surface area contributed by atoms with Gasteiger partial charge in [0.1, 0.15) is 11.4 Å². The number of aromatic nitrogens is 2. The number of nitrogens with zero attached hydrogens (tertiary/aromatic N) is 2. The molecule has 3 rings (SSSR count). The number of nitrogen functional groups attached to an aromatic ring is 1. The summed E-state index contributed by atoms with van der Waals surface area (Å²) in [5, 5.41) is 0. The molecule has 0 bridgehead atoms. The Morgan fingerprint density at radius 1 is 1.32 bits per heavy atom. The number of carbonyl (C=O) groups is 1. The number of nitrogens with two attached hydrogens (primary N) is 1. The van der Waals surface area contributed by atoms with E-state index in [1.54, 1.807) is 0 Å². The second-order valence-electron chi connectivity index (χ2n) is 6.40. The topological polar surface area (TPSA) is 101 Å². The van der Waals surface area contributed by atoms with Crippen LogP contribution in [0.1, 0.15) is 36.2 Å². The van der Waals surface area contributed by atoms with Crippen LogP contribution in [0, 0.1) is 0 Å². The standard InChI is InChI=1S/C18H22N4O3/c1-3-8-21-16(19)15(17(24)20-18(21)25)14(23)10-22-11(2)9-12-6-4-5-7-13(12)22/h4-7,11H,3,8-10,19H2,1-2H3,(H,20,24,25)/t11-/m1/s1. The number of anilines is 2. The van der Waals surface area contributed by atoms with Gasteiger partial charge in [0, 0.05) is 18.3 Å². The molecule has 2 heterocycles. The molecule has 0 aliphatic carbocycles. The lowest BCUT2D eigenvalue weighted by Crippen LogP contribution is -2.40. The zero-order valence-electron chi connectivity index (χ0n) is 14.4. The molecule has 0 amide bonds. The highest BCUT2D eigenvalue weighted by Crippen LogP contribution is 2.31. The maximum Gasteiger partial charge on any atom is 0.329 e. The number of ketones is 1. The minimum Gasteiger partial charge on any atom is -0.384 e. The van der Waals surface area contributed by atoms with Crippen molar-refractivity contribution in [1.82, 2.24) is 9.55 Å². The van der Waals surface area contributed by atoms with Crippen LogP contribution < -0.4 is 21.9 Å². The van der Waals surface area contributed by atoms with E-state index < -0.39 is 11.2 Å². The predicted molar refractivity (Wildman–Crippen MR) is 97.3 cm³/mol. The summed E-state index contributed by atoms with van der Waals surface area (Å²) >= 11 is 0. The van der Waals surface area contributed by atoms with E-state index in [2.05, 4.69) is 4.98 Å². The van der Waals surface area contributed by atoms with E-state index in [-0.39, 0.29) is 29.8 Å². The van der Waals surface area contributed by atoms with Crippen molar-refractivity contribution in [2.75, 3.05) is 17.2 Å². The molecule has 1 aromatic heterocycles. The summed E-state index contributed by atoms with van der Waals surface area (Å²) in [6.07, 6.45) is 1.52. The molecule has 3 N–H and O–H groups in total. The highest BCUT2D eigenvalue weighted by atomic mass is 16.2. The van der Waals surface area contributed by atoms with Gasteiger partial charge in [-0.1, -0.05) is 25.1 Å². The van der Waals surface area contributed by atoms with E-state index in [1.165, 1.54) is 10.1 Å². The van der Waals surface area contributed by atoms with Gasteiger partial charge in [-0.2, -0.15) is 0 Å². The summed E-state index contributed by atoms with van der Waals surface area (Å²) in [6, 6.07) is 8.07. The number of aromatic amines is 1. The Hall–Kier alpha value is -2.83. The van der Waals surface area contributed by atoms with E-state index in [0.717, 1.165) is 12.1 Å². The number of hydrogen-bond donors (Lipinski definition) is 2.